The molecular weight excluding hydrogens is 480 g/mol. The highest BCUT2D eigenvalue weighted by molar-refractivity contribution is 7.99. The number of carbonyl (C=O) groups excluding carboxylic acids is 5. The number of amides is 5. The molecule has 200 valence electrons. The Hall–Kier alpha value is -2.87. The van der Waals surface area contributed by atoms with Crippen LogP contribution >= 0.6 is 11.8 Å². The van der Waals surface area contributed by atoms with Crippen molar-refractivity contribution in [3.8, 4) is 0 Å². The molecule has 14 heteroatoms. The normalized spacial score (nSPS) is 14.4. The molecule has 13 nitrogen and oxygen atoms in total. The lowest BCUT2D eigenvalue weighted by Gasteiger charge is -2.27. The van der Waals surface area contributed by atoms with Gasteiger partial charge in [-0.3, -0.25) is 24.0 Å². The average molecular weight is 519 g/mol. The SMILES string of the molecule is CC(=O)NCSC[C@H](NC(=O)[C@@H](N)CC(C)C)C(=O)N[C@H](C(=O)N[C@@H](CC(N)=O)C(=O)O)C(C)C. The summed E-state index contributed by atoms with van der Waals surface area (Å²) in [6.07, 6.45) is -0.223. The van der Waals surface area contributed by atoms with Crippen LogP contribution in [0.4, 0.5) is 0 Å². The molecule has 5 amide bonds. The van der Waals surface area contributed by atoms with E-state index in [4.69, 9.17) is 11.5 Å². The summed E-state index contributed by atoms with van der Waals surface area (Å²) < 4.78 is 0. The summed E-state index contributed by atoms with van der Waals surface area (Å²) in [6, 6.07) is -4.66. The number of thioether (sulfide) groups is 1. The number of aliphatic carboxylic acids is 1. The van der Waals surface area contributed by atoms with Crippen molar-refractivity contribution in [2.24, 2.45) is 23.3 Å². The number of hydrogen-bond donors (Lipinski definition) is 7. The standard InChI is InChI=1S/C21H38N6O7S/c1-10(2)6-13(22)18(30)26-15(8-35-9-24-12(5)28)19(31)27-17(11(3)4)20(32)25-14(21(33)34)7-16(23)29/h10-11,13-15,17H,6-9,22H2,1-5H3,(H2,23,29)(H,24,28)(H,25,32)(H,26,30)(H,27,31)(H,33,34)/t13-,14-,15-,17-/m0/s1. The van der Waals surface area contributed by atoms with Crippen LogP contribution in [0.2, 0.25) is 0 Å². The minimum Gasteiger partial charge on any atom is -0.480 e. The number of primary amides is 1. The van der Waals surface area contributed by atoms with E-state index in [0.717, 1.165) is 0 Å². The smallest absolute Gasteiger partial charge is 0.326 e. The molecule has 0 aromatic rings. The average Bonchev–Trinajstić information content (AvgIpc) is 2.71. The molecule has 0 rings (SSSR count). The first-order chi connectivity index (χ1) is 16.1. The summed E-state index contributed by atoms with van der Waals surface area (Å²) in [7, 11) is 0. The fourth-order valence-corrected chi connectivity index (χ4v) is 3.75. The molecule has 0 radical (unpaired) electrons. The molecule has 0 saturated heterocycles. The van der Waals surface area contributed by atoms with Gasteiger partial charge in [0, 0.05) is 12.7 Å². The monoisotopic (exact) mass is 518 g/mol. The van der Waals surface area contributed by atoms with E-state index in [-0.39, 0.29) is 23.5 Å². The van der Waals surface area contributed by atoms with Gasteiger partial charge in [0.15, 0.2) is 0 Å². The number of nitrogens with two attached hydrogens (primary N) is 2. The molecule has 0 aliphatic carbocycles. The zero-order valence-corrected chi connectivity index (χ0v) is 21.6. The van der Waals surface area contributed by atoms with Crippen LogP contribution in [-0.2, 0) is 28.8 Å². The van der Waals surface area contributed by atoms with Crippen LogP contribution in [0.5, 0.6) is 0 Å². The molecule has 0 aliphatic heterocycles. The number of hydrogen-bond acceptors (Lipinski definition) is 8. The molecule has 0 unspecified atom stereocenters. The van der Waals surface area contributed by atoms with Gasteiger partial charge in [-0.05, 0) is 18.3 Å². The van der Waals surface area contributed by atoms with Gasteiger partial charge in [0.05, 0.1) is 18.3 Å². The third kappa shape index (κ3) is 13.6. The molecule has 0 saturated carbocycles. The van der Waals surface area contributed by atoms with E-state index >= 15 is 0 Å². The van der Waals surface area contributed by atoms with E-state index in [9.17, 15) is 33.9 Å². The first-order valence-electron chi connectivity index (χ1n) is 11.2. The second-order valence-electron chi connectivity index (χ2n) is 8.85. The highest BCUT2D eigenvalue weighted by atomic mass is 32.2. The van der Waals surface area contributed by atoms with Gasteiger partial charge in [0.2, 0.25) is 29.5 Å². The van der Waals surface area contributed by atoms with Gasteiger partial charge in [-0.2, -0.15) is 0 Å². The maximum atomic E-state index is 13.0. The molecule has 0 fully saturated rings. The second-order valence-corrected chi connectivity index (χ2v) is 9.88. The Bertz CT molecular complexity index is 777. The van der Waals surface area contributed by atoms with Crippen LogP contribution in [0.3, 0.4) is 0 Å². The lowest BCUT2D eigenvalue weighted by atomic mass is 10.0. The summed E-state index contributed by atoms with van der Waals surface area (Å²) in [4.78, 5) is 71.8. The van der Waals surface area contributed by atoms with E-state index in [1.807, 2.05) is 13.8 Å². The van der Waals surface area contributed by atoms with Gasteiger partial charge in [-0.25, -0.2) is 4.79 Å². The van der Waals surface area contributed by atoms with Crippen molar-refractivity contribution in [3.05, 3.63) is 0 Å². The summed E-state index contributed by atoms with van der Waals surface area (Å²) >= 11 is 1.17. The lowest BCUT2D eigenvalue weighted by molar-refractivity contribution is -0.144. The number of carbonyl (C=O) groups is 6. The topological polar surface area (TPSA) is 223 Å². The van der Waals surface area contributed by atoms with Crippen LogP contribution in [-0.4, -0.2) is 76.4 Å². The van der Waals surface area contributed by atoms with Crippen LogP contribution < -0.4 is 32.7 Å². The van der Waals surface area contributed by atoms with E-state index < -0.39 is 66.1 Å². The largest absolute Gasteiger partial charge is 0.480 e. The number of rotatable bonds is 16. The molecule has 35 heavy (non-hydrogen) atoms. The van der Waals surface area contributed by atoms with Crippen molar-refractivity contribution in [2.75, 3.05) is 11.6 Å². The predicted octanol–water partition coefficient (Wildman–Crippen LogP) is -1.74. The van der Waals surface area contributed by atoms with Crippen molar-refractivity contribution in [3.63, 3.8) is 0 Å². The highest BCUT2D eigenvalue weighted by Crippen LogP contribution is 2.08. The second kappa shape index (κ2) is 15.9. The van der Waals surface area contributed by atoms with Gasteiger partial charge < -0.3 is 37.8 Å². The fourth-order valence-electron chi connectivity index (χ4n) is 2.86. The zero-order chi connectivity index (χ0) is 27.3. The molecule has 0 spiro atoms. The van der Waals surface area contributed by atoms with Crippen LogP contribution in [0.25, 0.3) is 0 Å². The first kappa shape index (κ1) is 32.1. The lowest BCUT2D eigenvalue weighted by Crippen LogP contribution is -2.59. The molecule has 0 aliphatic rings. The molecule has 0 aromatic heterocycles. The van der Waals surface area contributed by atoms with Gasteiger partial charge in [-0.1, -0.05) is 27.7 Å². The third-order valence-corrected chi connectivity index (χ3v) is 5.59. The molecule has 0 aromatic carbocycles. The quantitative estimate of drug-likeness (QED) is 0.0908. The minimum absolute atomic E-state index is 0.0676. The van der Waals surface area contributed by atoms with Crippen molar-refractivity contribution < 1.29 is 33.9 Å². The Morgan fingerprint density at radius 1 is 0.886 bits per heavy atom. The van der Waals surface area contributed by atoms with Crippen molar-refractivity contribution in [1.29, 1.82) is 0 Å². The van der Waals surface area contributed by atoms with Crippen LogP contribution in [0.1, 0.15) is 47.5 Å². The Balaban J connectivity index is 5.51. The maximum absolute atomic E-state index is 13.0. The van der Waals surface area contributed by atoms with Gasteiger partial charge in [0.1, 0.15) is 18.1 Å². The number of carboxylic acid groups (broad SMARTS) is 1. The van der Waals surface area contributed by atoms with E-state index in [0.29, 0.717) is 6.42 Å². The molecule has 0 bridgehead atoms. The number of carboxylic acids is 1. The zero-order valence-electron chi connectivity index (χ0n) is 20.8. The summed E-state index contributed by atoms with van der Waals surface area (Å²) in [5.41, 5.74) is 11.0. The highest BCUT2D eigenvalue weighted by Gasteiger charge is 2.32. The Kier molecular flexibility index (Phi) is 14.6. The van der Waals surface area contributed by atoms with E-state index in [1.165, 1.54) is 18.7 Å². The first-order valence-corrected chi connectivity index (χ1v) is 12.3. The maximum Gasteiger partial charge on any atom is 0.326 e. The molecule has 0 heterocycles. The summed E-state index contributed by atoms with van der Waals surface area (Å²) in [6.45, 7) is 8.40. The Morgan fingerprint density at radius 3 is 1.91 bits per heavy atom. The van der Waals surface area contributed by atoms with Crippen LogP contribution in [0, 0.1) is 11.8 Å². The third-order valence-electron chi connectivity index (χ3n) is 4.67. The molecule has 4 atom stereocenters. The molecule has 9 N–H and O–H groups in total. The van der Waals surface area contributed by atoms with Crippen molar-refractivity contribution in [1.82, 2.24) is 21.3 Å². The van der Waals surface area contributed by atoms with Gasteiger partial charge in [-0.15, -0.1) is 11.8 Å². The molecular formula is C21H38N6O7S. The van der Waals surface area contributed by atoms with Crippen molar-refractivity contribution in [2.45, 2.75) is 71.6 Å². The van der Waals surface area contributed by atoms with Crippen LogP contribution in [0.15, 0.2) is 0 Å². The minimum atomic E-state index is -1.56. The fraction of sp³-hybridized carbons (Fsp3) is 0.714. The predicted molar refractivity (Wildman–Crippen MR) is 131 cm³/mol. The summed E-state index contributed by atoms with van der Waals surface area (Å²) in [5, 5.41) is 19.1. The van der Waals surface area contributed by atoms with Gasteiger partial charge in [0.25, 0.3) is 0 Å². The van der Waals surface area contributed by atoms with Crippen molar-refractivity contribution >= 4 is 47.3 Å². The van der Waals surface area contributed by atoms with E-state index in [2.05, 4.69) is 21.3 Å². The van der Waals surface area contributed by atoms with E-state index in [1.54, 1.807) is 13.8 Å². The Labute approximate surface area is 209 Å². The van der Waals surface area contributed by atoms with Gasteiger partial charge >= 0.3 is 5.97 Å². The number of nitrogens with one attached hydrogen (secondary N) is 4. The summed E-state index contributed by atoms with van der Waals surface area (Å²) in [5.74, 6) is -4.76. The Morgan fingerprint density at radius 2 is 1.46 bits per heavy atom.